The van der Waals surface area contributed by atoms with Gasteiger partial charge in [-0.15, -0.1) is 6.61 Å². The molecule has 0 aromatic carbocycles. The molecule has 1 aliphatic heterocycles. The van der Waals surface area contributed by atoms with Crippen molar-refractivity contribution >= 4 is 0 Å². The number of aliphatic hydroxyl groups is 1. The van der Waals surface area contributed by atoms with E-state index in [0.717, 1.165) is 32.7 Å². The smallest absolute Gasteiger partial charge is 0.0558 e. The Morgan fingerprint density at radius 2 is 1.50 bits per heavy atom. The van der Waals surface area contributed by atoms with Crippen LogP contribution < -0.4 is 5.11 Å². The molecule has 0 aromatic rings. The van der Waals surface area contributed by atoms with Gasteiger partial charge < -0.3 is 15.1 Å². The second kappa shape index (κ2) is 5.48. The predicted octanol–water partition coefficient (Wildman–Crippen LogP) is -2.04. The third-order valence-electron chi connectivity index (χ3n) is 2.29. The fraction of sp³-hybridized carbons (Fsp3) is 1.00. The van der Waals surface area contributed by atoms with Gasteiger partial charge in [0.15, 0.2) is 0 Å². The van der Waals surface area contributed by atoms with Crippen molar-refractivity contribution in [1.82, 2.24) is 9.80 Å². The van der Waals surface area contributed by atoms with Gasteiger partial charge in [0.2, 0.25) is 0 Å². The minimum absolute atomic E-state index is 0. The van der Waals surface area contributed by atoms with E-state index in [2.05, 4.69) is 9.80 Å². The number of piperazine rings is 1. The Morgan fingerprint density at radius 1 is 1.00 bits per heavy atom. The molecule has 1 saturated heterocycles. The second-order valence-electron chi connectivity index (χ2n) is 3.11. The molecule has 1 N–H and O–H groups in total. The predicted molar refractivity (Wildman–Crippen MR) is 44.8 cm³/mol. The van der Waals surface area contributed by atoms with Gasteiger partial charge in [0.1, 0.15) is 0 Å². The molecule has 1 aliphatic rings. The minimum atomic E-state index is 0. The molecule has 0 saturated carbocycles. The van der Waals surface area contributed by atoms with Gasteiger partial charge in [-0.1, -0.05) is 0 Å². The van der Waals surface area contributed by atoms with Crippen molar-refractivity contribution in [1.29, 1.82) is 0 Å². The number of nitrogens with zero attached hydrogens (tertiary/aromatic N) is 2. The first-order chi connectivity index (χ1) is 5.86. The summed E-state index contributed by atoms with van der Waals surface area (Å²) in [6, 6.07) is 0. The van der Waals surface area contributed by atoms with Crippen molar-refractivity contribution in [2.24, 2.45) is 0 Å². The van der Waals surface area contributed by atoms with Crippen molar-refractivity contribution in [2.45, 2.75) is 0 Å². The monoisotopic (exact) mass is 173 g/mol. The highest BCUT2D eigenvalue weighted by molar-refractivity contribution is 4.70. The van der Waals surface area contributed by atoms with Crippen LogP contribution in [0.5, 0.6) is 0 Å². The van der Waals surface area contributed by atoms with Crippen LogP contribution in [0.25, 0.3) is 0 Å². The molecule has 0 atom stereocenters. The maximum absolute atomic E-state index is 10.3. The molecule has 0 amide bonds. The largest absolute Gasteiger partial charge is 0.854 e. The molecule has 0 radical (unpaired) electrons. The van der Waals surface area contributed by atoms with E-state index < -0.39 is 0 Å². The Bertz CT molecular complexity index is 99.6. The van der Waals surface area contributed by atoms with E-state index in [4.69, 9.17) is 5.11 Å². The zero-order valence-corrected chi connectivity index (χ0v) is 7.41. The molecule has 1 heterocycles. The van der Waals surface area contributed by atoms with E-state index in [9.17, 15) is 5.11 Å². The van der Waals surface area contributed by atoms with Crippen molar-refractivity contribution < 1.29 is 10.2 Å². The van der Waals surface area contributed by atoms with Crippen molar-refractivity contribution in [3.05, 3.63) is 0 Å². The quantitative estimate of drug-likeness (QED) is 0.532. The summed E-state index contributed by atoms with van der Waals surface area (Å²) in [5, 5.41) is 19.0. The third kappa shape index (κ3) is 3.06. The lowest BCUT2D eigenvalue weighted by Gasteiger charge is -2.34. The van der Waals surface area contributed by atoms with Crippen molar-refractivity contribution in [3.8, 4) is 0 Å². The van der Waals surface area contributed by atoms with Crippen LogP contribution in [-0.4, -0.2) is 67.4 Å². The topological polar surface area (TPSA) is 49.8 Å². The van der Waals surface area contributed by atoms with Crippen molar-refractivity contribution in [3.63, 3.8) is 0 Å². The van der Waals surface area contributed by atoms with Gasteiger partial charge in [-0.2, -0.15) is 0 Å². The average Bonchev–Trinajstić information content (AvgIpc) is 2.09. The summed E-state index contributed by atoms with van der Waals surface area (Å²) in [6.07, 6.45) is 0. The highest BCUT2D eigenvalue weighted by atomic mass is 16.3. The number of aliphatic hydroxyl groups excluding tert-OH is 1. The van der Waals surface area contributed by atoms with Gasteiger partial charge in [-0.05, 0) is 6.54 Å². The lowest BCUT2D eigenvalue weighted by atomic mass is 10.3. The SMILES string of the molecule is [O-]CCN1CCN(CCO)CC1. The molecule has 1 fully saturated rings. The molecule has 0 aromatic heterocycles. The maximum atomic E-state index is 10.3. The fourth-order valence-electron chi connectivity index (χ4n) is 1.51. The maximum Gasteiger partial charge on any atom is 0.0558 e. The second-order valence-corrected chi connectivity index (χ2v) is 3.11. The Balaban J connectivity index is 2.11. The van der Waals surface area contributed by atoms with Crippen LogP contribution in [0.15, 0.2) is 0 Å². The molecule has 4 nitrogen and oxygen atoms in total. The number of hydrogen-bond donors (Lipinski definition) is 1. The molecule has 0 spiro atoms. The summed E-state index contributed by atoms with van der Waals surface area (Å²) in [5.74, 6) is 0. The van der Waals surface area contributed by atoms with Gasteiger partial charge in [0.25, 0.3) is 0 Å². The summed E-state index contributed by atoms with van der Waals surface area (Å²) in [6.45, 7) is 5.60. The minimum Gasteiger partial charge on any atom is -0.854 e. The molecule has 0 unspecified atom stereocenters. The van der Waals surface area contributed by atoms with Gasteiger partial charge in [-0.25, -0.2) is 0 Å². The Labute approximate surface area is 73.4 Å². The third-order valence-corrected chi connectivity index (χ3v) is 2.29. The molecule has 12 heavy (non-hydrogen) atoms. The standard InChI is InChI=1S/C8H17N2O2/c11-7-5-9-1-2-10(4-3-9)6-8-12/h11H,1-8H2/q-1. The molecular weight excluding hydrogens is 156 g/mol. The normalized spacial score (nSPS) is 21.5. The molecule has 0 aliphatic carbocycles. The van der Waals surface area contributed by atoms with Gasteiger partial charge in [0, 0.05) is 32.7 Å². The van der Waals surface area contributed by atoms with Crippen LogP contribution in [0.2, 0.25) is 0 Å². The highest BCUT2D eigenvalue weighted by Gasteiger charge is 2.14. The number of hydrogen-bond acceptors (Lipinski definition) is 4. The Kier molecular flexibility index (Phi) is 4.53. The van der Waals surface area contributed by atoms with E-state index in [1.54, 1.807) is 0 Å². The van der Waals surface area contributed by atoms with E-state index in [1.165, 1.54) is 0 Å². The van der Waals surface area contributed by atoms with E-state index in [1.807, 2.05) is 0 Å². The van der Waals surface area contributed by atoms with Crippen LogP contribution >= 0.6 is 0 Å². The molecule has 1 rings (SSSR count). The molecule has 0 bridgehead atoms. The Hall–Kier alpha value is -0.160. The number of β-amino-alcohol motifs (C(OH)–C–C–N with tert-alkyl or cyclic N) is 1. The lowest BCUT2D eigenvalue weighted by molar-refractivity contribution is -0.369. The average molecular weight is 173 g/mol. The van der Waals surface area contributed by atoms with E-state index >= 15 is 0 Å². The van der Waals surface area contributed by atoms with Crippen molar-refractivity contribution in [2.75, 3.05) is 52.5 Å². The van der Waals surface area contributed by atoms with Gasteiger partial charge >= 0.3 is 0 Å². The summed E-state index contributed by atoms with van der Waals surface area (Å²) in [4.78, 5) is 4.40. The van der Waals surface area contributed by atoms with Crippen LogP contribution in [0.3, 0.4) is 0 Å². The molecule has 4 heteroatoms. The first-order valence-electron chi connectivity index (χ1n) is 4.50. The fourth-order valence-corrected chi connectivity index (χ4v) is 1.51. The summed E-state index contributed by atoms with van der Waals surface area (Å²) >= 11 is 0. The summed E-state index contributed by atoms with van der Waals surface area (Å²) in [5.41, 5.74) is 0. The first kappa shape index (κ1) is 9.92. The van der Waals surface area contributed by atoms with E-state index in [0.29, 0.717) is 6.54 Å². The van der Waals surface area contributed by atoms with Gasteiger partial charge in [-0.3, -0.25) is 4.90 Å². The van der Waals surface area contributed by atoms with Crippen LogP contribution in [-0.2, 0) is 0 Å². The summed E-state index contributed by atoms with van der Waals surface area (Å²) in [7, 11) is 0. The Morgan fingerprint density at radius 3 is 1.92 bits per heavy atom. The zero-order valence-electron chi connectivity index (χ0n) is 7.41. The lowest BCUT2D eigenvalue weighted by Crippen LogP contribution is -2.48. The van der Waals surface area contributed by atoms with Crippen LogP contribution in [0, 0.1) is 0 Å². The zero-order chi connectivity index (χ0) is 8.81. The first-order valence-corrected chi connectivity index (χ1v) is 4.50. The van der Waals surface area contributed by atoms with E-state index in [-0.39, 0.29) is 13.2 Å². The summed E-state index contributed by atoms with van der Waals surface area (Å²) < 4.78 is 0. The van der Waals surface area contributed by atoms with Gasteiger partial charge in [0.05, 0.1) is 6.61 Å². The highest BCUT2D eigenvalue weighted by Crippen LogP contribution is 1.99. The molecular formula is C8H17N2O2-. The van der Waals surface area contributed by atoms with Crippen LogP contribution in [0.1, 0.15) is 0 Å². The number of rotatable bonds is 4. The van der Waals surface area contributed by atoms with Crippen LogP contribution in [0.4, 0.5) is 0 Å². The molecule has 72 valence electrons.